The number of likely N-dealkylation sites (N-methyl/N-ethyl adjacent to an activating group) is 1. The molecule has 1 unspecified atom stereocenters. The van der Waals surface area contributed by atoms with Crippen molar-refractivity contribution in [1.29, 1.82) is 0 Å². The molecule has 18 atom stereocenters. The summed E-state index contributed by atoms with van der Waals surface area (Å²) in [6.07, 6.45) is -7.43. The van der Waals surface area contributed by atoms with Gasteiger partial charge in [-0.1, -0.05) is 82.3 Å². The average molecular weight is 1170 g/mol. The molecule has 3 saturated heterocycles. The third kappa shape index (κ3) is 16.1. The van der Waals surface area contributed by atoms with Crippen molar-refractivity contribution in [3.63, 3.8) is 0 Å². The minimum Gasteiger partial charge on any atom is -0.459 e. The maximum absolute atomic E-state index is 14.8. The fourth-order valence-electron chi connectivity index (χ4n) is 13.3. The van der Waals surface area contributed by atoms with Crippen LogP contribution in [0.1, 0.15) is 101 Å². The molecule has 0 radical (unpaired) electrons. The highest BCUT2D eigenvalue weighted by molar-refractivity contribution is 7.95. The van der Waals surface area contributed by atoms with Crippen LogP contribution in [0.15, 0.2) is 91.0 Å². The van der Waals surface area contributed by atoms with Crippen LogP contribution < -0.4 is 15.9 Å². The van der Waals surface area contributed by atoms with Gasteiger partial charge in [-0.15, -0.1) is 0 Å². The molecule has 18 heteroatoms. The first kappa shape index (κ1) is 67.6. The van der Waals surface area contributed by atoms with E-state index in [-0.39, 0.29) is 70.1 Å². The number of methoxy groups -OCH3 is 1. The van der Waals surface area contributed by atoms with Crippen LogP contribution in [-0.4, -0.2) is 205 Å². The van der Waals surface area contributed by atoms with Gasteiger partial charge in [-0.3, -0.25) is 9.59 Å². The van der Waals surface area contributed by atoms with Gasteiger partial charge < -0.3 is 73.2 Å². The quantitative estimate of drug-likeness (QED) is 0.0506. The first-order valence-corrected chi connectivity index (χ1v) is 31.8. The van der Waals surface area contributed by atoms with Crippen LogP contribution >= 0.6 is 7.26 Å². The number of aliphatic hydroxyl groups excluding tert-OH is 3. The minimum absolute atomic E-state index is 0.0454. The van der Waals surface area contributed by atoms with Gasteiger partial charge in [-0.25, -0.2) is 0 Å². The van der Waals surface area contributed by atoms with Crippen molar-refractivity contribution in [2.45, 2.75) is 185 Å². The molecule has 17 nitrogen and oxygen atoms in total. The molecular weight excluding hydrogens is 1070 g/mol. The Kier molecular flexibility index (Phi) is 24.9. The molecule has 0 spiro atoms. The van der Waals surface area contributed by atoms with Crippen LogP contribution in [0.5, 0.6) is 0 Å². The Morgan fingerprint density at radius 2 is 1.27 bits per heavy atom. The summed E-state index contributed by atoms with van der Waals surface area (Å²) < 4.78 is 50.1. The maximum Gasteiger partial charge on any atom is 0.309 e. The molecule has 3 aliphatic heterocycles. The Labute approximate surface area is 489 Å². The predicted molar refractivity (Wildman–Crippen MR) is 319 cm³/mol. The third-order valence-corrected chi connectivity index (χ3v) is 22.3. The van der Waals surface area contributed by atoms with Crippen LogP contribution in [0.4, 0.5) is 0 Å². The third-order valence-electron chi connectivity index (χ3n) is 18.0. The molecule has 3 aliphatic rings. The molecule has 3 aromatic carbocycles. The van der Waals surface area contributed by atoms with Gasteiger partial charge in [-0.2, -0.15) is 0 Å². The van der Waals surface area contributed by atoms with Gasteiger partial charge in [0.1, 0.15) is 53.2 Å². The lowest BCUT2D eigenvalue weighted by Gasteiger charge is -2.51. The van der Waals surface area contributed by atoms with Crippen molar-refractivity contribution in [2.24, 2.45) is 23.7 Å². The summed E-state index contributed by atoms with van der Waals surface area (Å²) in [5.74, 6) is -4.01. The Morgan fingerprint density at radius 3 is 1.78 bits per heavy atom. The highest BCUT2D eigenvalue weighted by Gasteiger charge is 2.55. The summed E-state index contributed by atoms with van der Waals surface area (Å²) >= 11 is 0. The fourth-order valence-corrected chi connectivity index (χ4v) is 17.4. The molecule has 3 aromatic rings. The maximum atomic E-state index is 14.8. The number of hydrogen-bond donors (Lipinski definition) is 5. The van der Waals surface area contributed by atoms with E-state index in [0.717, 1.165) is 6.16 Å². The summed E-state index contributed by atoms with van der Waals surface area (Å²) in [6.45, 7) is 19.2. The second kappa shape index (κ2) is 30.2. The molecule has 82 heavy (non-hydrogen) atoms. The topological polar surface area (TPSA) is 216 Å². The number of carbonyl (C=O) groups is 2. The van der Waals surface area contributed by atoms with Gasteiger partial charge in [0, 0.05) is 32.0 Å². The second-order valence-corrected chi connectivity index (χ2v) is 28.1. The van der Waals surface area contributed by atoms with Gasteiger partial charge in [0.25, 0.3) is 0 Å². The van der Waals surface area contributed by atoms with Crippen molar-refractivity contribution in [2.75, 3.05) is 73.6 Å². The lowest BCUT2D eigenvalue weighted by molar-refractivity contribution is -0.302. The summed E-state index contributed by atoms with van der Waals surface area (Å²) in [6, 6.07) is 30.7. The van der Waals surface area contributed by atoms with Crippen molar-refractivity contribution in [3.05, 3.63) is 91.0 Å². The molecule has 1 amide bonds. The van der Waals surface area contributed by atoms with E-state index in [1.165, 1.54) is 34.8 Å². The van der Waals surface area contributed by atoms with Gasteiger partial charge in [0.05, 0.1) is 99.8 Å². The Hall–Kier alpha value is -3.49. The van der Waals surface area contributed by atoms with Crippen LogP contribution in [-0.2, 0) is 47.5 Å². The molecule has 3 fully saturated rings. The van der Waals surface area contributed by atoms with Crippen LogP contribution in [0.2, 0.25) is 0 Å². The molecule has 0 bridgehead atoms. The molecule has 460 valence electrons. The Morgan fingerprint density at radius 1 is 0.744 bits per heavy atom. The number of aliphatic hydroxyl groups is 5. The Balaban J connectivity index is 1.16. The van der Waals surface area contributed by atoms with Crippen molar-refractivity contribution >= 4 is 35.1 Å². The fraction of sp³-hybridized carbons (Fsp3) is 0.688. The Bertz CT molecular complexity index is 2290. The van der Waals surface area contributed by atoms with Gasteiger partial charge in [0.2, 0.25) is 5.91 Å². The first-order chi connectivity index (χ1) is 38.8. The smallest absolute Gasteiger partial charge is 0.309 e. The highest BCUT2D eigenvalue weighted by Crippen LogP contribution is 2.55. The summed E-state index contributed by atoms with van der Waals surface area (Å²) in [7, 11) is 3.24. The van der Waals surface area contributed by atoms with E-state index in [4.69, 9.17) is 37.9 Å². The number of amides is 1. The zero-order valence-corrected chi connectivity index (χ0v) is 52.1. The zero-order valence-electron chi connectivity index (χ0n) is 51.2. The number of nitrogens with zero attached hydrogens (tertiary/aromatic N) is 2. The first-order valence-electron chi connectivity index (χ1n) is 29.8. The molecule has 5 N–H and O–H groups in total. The van der Waals surface area contributed by atoms with Gasteiger partial charge in [0.15, 0.2) is 6.29 Å². The van der Waals surface area contributed by atoms with Crippen molar-refractivity contribution in [1.82, 2.24) is 9.80 Å². The van der Waals surface area contributed by atoms with E-state index >= 15 is 0 Å². The SMILES string of the molecule is CC[C@H]1OC(=O)[C@H](C)[C@@H](C2C[C@@](C)(OC)[C@@H](O)[C@H](C)O2)[C@H](C)[C@@H](O[C@@H]2O[C@H](C)C[C@H](N(C)C)[C@H]2O)[C@](C)(O)C[C@@H](C)CN(C(=O)CCOCCOCCOCC[P+](c2ccccc2)(c2ccccc2)c2ccccc2)[C@H](C)[C@@H](O)[C@]1(C)O. The van der Waals surface area contributed by atoms with E-state index in [1.54, 1.807) is 41.5 Å². The van der Waals surface area contributed by atoms with E-state index in [1.807, 2.05) is 58.0 Å². The number of rotatable bonds is 21. The minimum atomic E-state index is -2.04. The normalized spacial score (nSPS) is 35.6. The number of benzene rings is 3. The molecule has 0 aliphatic carbocycles. The number of carbonyl (C=O) groups excluding carboxylic acids is 2. The molecule has 3 heterocycles. The van der Waals surface area contributed by atoms with E-state index in [9.17, 15) is 35.1 Å². The van der Waals surface area contributed by atoms with E-state index in [2.05, 4.69) is 72.8 Å². The lowest BCUT2D eigenvalue weighted by Crippen LogP contribution is -2.61. The van der Waals surface area contributed by atoms with Crippen LogP contribution in [0.3, 0.4) is 0 Å². The largest absolute Gasteiger partial charge is 0.459 e. The average Bonchev–Trinajstić information content (AvgIpc) is 2.38. The summed E-state index contributed by atoms with van der Waals surface area (Å²) in [4.78, 5) is 32.7. The summed E-state index contributed by atoms with van der Waals surface area (Å²) in [5.41, 5.74) is -4.84. The highest BCUT2D eigenvalue weighted by atomic mass is 31.2. The number of cyclic esters (lactones) is 1. The number of ether oxygens (including phenoxy) is 8. The molecule has 0 saturated carbocycles. The number of esters is 1. The van der Waals surface area contributed by atoms with Crippen molar-refractivity contribution in [3.8, 4) is 0 Å². The second-order valence-electron chi connectivity index (χ2n) is 24.5. The van der Waals surface area contributed by atoms with Gasteiger partial charge >= 0.3 is 5.97 Å². The lowest BCUT2D eigenvalue weighted by atomic mass is 9.68. The monoisotopic (exact) mass is 1170 g/mol. The molecule has 0 aromatic heterocycles. The standard InChI is InChI=1S/C64H100N2O15P/c1-14-53-64(10,73)57(69)46(6)66(54(67)30-31-75-32-33-76-34-35-77-36-37-82(48-24-18-15-19-25-48,49-26-20-16-21-27-49)50-28-22-17-23-29-50)41-42(2)39-62(8,72)59(81-61-56(68)51(65(11)12)38-43(3)78-61)44(4)55(45(5)60(71)80-53)52-40-63(9,74-13)58(70)47(7)79-52/h15-29,42-47,51-53,55-59,61,68-70,72-73H,14,30-41H2,1-13H3/q+1/t42-,43-,44+,45-,46-,47+,51+,52?,53-,55+,56-,57-,58+,59-,61+,62-,63-,64-/m1/s1. The van der Waals surface area contributed by atoms with Gasteiger partial charge in [-0.05, 0) is 123 Å². The van der Waals surface area contributed by atoms with Crippen molar-refractivity contribution < 1.29 is 73.0 Å². The number of hydrogen-bond acceptors (Lipinski definition) is 16. The summed E-state index contributed by atoms with van der Waals surface area (Å²) in [5, 5.41) is 64.6. The van der Waals surface area contributed by atoms with E-state index in [0.29, 0.717) is 26.2 Å². The van der Waals surface area contributed by atoms with Crippen LogP contribution in [0, 0.1) is 23.7 Å². The van der Waals surface area contributed by atoms with E-state index < -0.39 is 109 Å². The predicted octanol–water partition coefficient (Wildman–Crippen LogP) is 5.51. The molecule has 6 rings (SSSR count). The molecular formula is C64H100N2O15P+. The zero-order chi connectivity index (χ0) is 60.2. The van der Waals surface area contributed by atoms with Crippen LogP contribution in [0.25, 0.3) is 0 Å².